The smallest absolute Gasteiger partial charge is 0.344 e. The Kier molecular flexibility index (Phi) is 7.15. The van der Waals surface area contributed by atoms with Crippen molar-refractivity contribution in [2.45, 2.75) is 13.1 Å². The maximum absolute atomic E-state index is 15.2. The third-order valence-corrected chi connectivity index (χ3v) is 13.0. The van der Waals surface area contributed by atoms with Crippen molar-refractivity contribution < 1.29 is 13.2 Å². The Bertz CT molecular complexity index is 3700. The molecule has 292 valence electrons. The van der Waals surface area contributed by atoms with Crippen LogP contribution in [0.15, 0.2) is 152 Å². The Hall–Kier alpha value is -7.76. The van der Waals surface area contributed by atoms with Gasteiger partial charge in [0.2, 0.25) is 0 Å². The largest absolute Gasteiger partial charge is 0.417 e. The summed E-state index contributed by atoms with van der Waals surface area (Å²) in [6.45, 7) is 1.72. The molecule has 0 spiro atoms. The van der Waals surface area contributed by atoms with E-state index in [1.54, 1.807) is 25.1 Å². The number of aryl methyl sites for hydroxylation is 3. The highest BCUT2D eigenvalue weighted by molar-refractivity contribution is 6.27. The summed E-state index contributed by atoms with van der Waals surface area (Å²) >= 11 is 0. The van der Waals surface area contributed by atoms with Crippen LogP contribution >= 0.6 is 0 Å². The molecule has 0 radical (unpaired) electrons. The molecule has 4 aromatic heterocycles. The zero-order valence-electron chi connectivity index (χ0n) is 33.3. The van der Waals surface area contributed by atoms with Crippen LogP contribution in [-0.4, -0.2) is 18.3 Å². The van der Waals surface area contributed by atoms with Crippen LogP contribution in [0.3, 0.4) is 0 Å². The van der Waals surface area contributed by atoms with E-state index in [-0.39, 0.29) is 5.56 Å². The molecule has 0 unspecified atom stereocenters. The van der Waals surface area contributed by atoms with Gasteiger partial charge in [0.05, 0.1) is 50.0 Å². The fourth-order valence-electron chi connectivity index (χ4n) is 10.4. The van der Waals surface area contributed by atoms with Crippen LogP contribution < -0.4 is 0 Å². The molecule has 0 saturated heterocycles. The van der Waals surface area contributed by atoms with Gasteiger partial charge in [-0.1, -0.05) is 97.1 Å². The molecule has 5 nitrogen and oxygen atoms in total. The highest BCUT2D eigenvalue weighted by atomic mass is 19.4. The molecule has 8 heteroatoms. The van der Waals surface area contributed by atoms with E-state index in [1.807, 2.05) is 60.7 Å². The number of alkyl halides is 3. The second-order valence-electron chi connectivity index (χ2n) is 16.1. The molecule has 0 N–H and O–H groups in total. The SMILES string of the molecule is Cc1cccc(C(F)(F)F)c1-c1cc(-n2c3ccccc3c3ccc4c(c5ccccc5n4C)c32)c(C#N)c(-n2c3ccccc3c3ccc4c(c5ccccc5n4C)c32)c1. The Morgan fingerprint density at radius 3 is 1.38 bits per heavy atom. The first-order valence-corrected chi connectivity index (χ1v) is 20.2. The van der Waals surface area contributed by atoms with Crippen molar-refractivity contribution >= 4 is 87.2 Å². The van der Waals surface area contributed by atoms with Gasteiger partial charge in [-0.25, -0.2) is 0 Å². The van der Waals surface area contributed by atoms with Crippen molar-refractivity contribution in [2.24, 2.45) is 14.1 Å². The highest BCUT2D eigenvalue weighted by Gasteiger charge is 2.35. The molecule has 0 fully saturated rings. The second kappa shape index (κ2) is 12.4. The number of hydrogen-bond acceptors (Lipinski definition) is 1. The van der Waals surface area contributed by atoms with Gasteiger partial charge in [0.25, 0.3) is 0 Å². The van der Waals surface area contributed by atoms with Crippen LogP contribution in [0.2, 0.25) is 0 Å². The summed E-state index contributed by atoms with van der Waals surface area (Å²) in [6, 6.07) is 51.8. The Morgan fingerprint density at radius 2 is 0.918 bits per heavy atom. The third kappa shape index (κ3) is 4.66. The van der Waals surface area contributed by atoms with E-state index in [2.05, 4.69) is 99.1 Å². The van der Waals surface area contributed by atoms with E-state index < -0.39 is 11.7 Å². The molecule has 0 saturated carbocycles. The van der Waals surface area contributed by atoms with Crippen molar-refractivity contribution in [3.8, 4) is 28.6 Å². The lowest BCUT2D eigenvalue weighted by molar-refractivity contribution is -0.137. The zero-order chi connectivity index (χ0) is 41.5. The summed E-state index contributed by atoms with van der Waals surface area (Å²) in [6.07, 6.45) is -4.64. The van der Waals surface area contributed by atoms with E-state index in [9.17, 15) is 5.26 Å². The van der Waals surface area contributed by atoms with E-state index in [4.69, 9.17) is 0 Å². The van der Waals surface area contributed by atoms with Gasteiger partial charge in [-0.3, -0.25) is 0 Å². The monoisotopic (exact) mass is 797 g/mol. The lowest BCUT2D eigenvalue weighted by Crippen LogP contribution is -2.10. The van der Waals surface area contributed by atoms with Crippen LogP contribution in [-0.2, 0) is 20.3 Å². The molecular weight excluding hydrogens is 764 g/mol. The minimum absolute atomic E-state index is 0.0779. The number of halogens is 3. The average Bonchev–Trinajstić information content (AvgIpc) is 3.98. The number of nitriles is 1. The second-order valence-corrected chi connectivity index (χ2v) is 16.1. The molecule has 0 aliphatic rings. The summed E-state index contributed by atoms with van der Waals surface area (Å²) in [5.74, 6) is 0. The minimum atomic E-state index is -4.64. The summed E-state index contributed by atoms with van der Waals surface area (Å²) in [5, 5.41) is 19.7. The van der Waals surface area contributed by atoms with Crippen LogP contribution in [0.5, 0.6) is 0 Å². The molecule has 61 heavy (non-hydrogen) atoms. The van der Waals surface area contributed by atoms with Gasteiger partial charge < -0.3 is 18.3 Å². The molecule has 8 aromatic carbocycles. The molecular formula is C53H34F3N5. The van der Waals surface area contributed by atoms with Crippen molar-refractivity contribution in [1.82, 2.24) is 18.3 Å². The topological polar surface area (TPSA) is 43.5 Å². The average molecular weight is 798 g/mol. The minimum Gasteiger partial charge on any atom is -0.344 e. The first kappa shape index (κ1) is 35.2. The number of aromatic nitrogens is 4. The van der Waals surface area contributed by atoms with Gasteiger partial charge in [-0.05, 0) is 78.2 Å². The summed E-state index contributed by atoms with van der Waals surface area (Å²) in [5.41, 5.74) is 9.09. The molecule has 0 atom stereocenters. The van der Waals surface area contributed by atoms with Crippen LogP contribution in [0.1, 0.15) is 16.7 Å². The van der Waals surface area contributed by atoms with Gasteiger partial charge in [-0.15, -0.1) is 0 Å². The summed E-state index contributed by atoms with van der Waals surface area (Å²) < 4.78 is 54.3. The summed E-state index contributed by atoms with van der Waals surface area (Å²) in [7, 11) is 4.10. The molecule has 12 rings (SSSR count). The molecule has 12 aromatic rings. The predicted molar refractivity (Wildman–Crippen MR) is 243 cm³/mol. The number of hydrogen-bond donors (Lipinski definition) is 0. The quantitative estimate of drug-likeness (QED) is 0.176. The number of fused-ring (bicyclic) bond motifs is 14. The van der Waals surface area contributed by atoms with Crippen LogP contribution in [0.25, 0.3) is 110 Å². The fourth-order valence-corrected chi connectivity index (χ4v) is 10.4. The van der Waals surface area contributed by atoms with E-state index in [1.165, 1.54) is 6.07 Å². The number of benzene rings is 8. The van der Waals surface area contributed by atoms with Gasteiger partial charge in [0.15, 0.2) is 0 Å². The van der Waals surface area contributed by atoms with E-state index in [0.717, 1.165) is 93.3 Å². The molecule has 0 amide bonds. The maximum Gasteiger partial charge on any atom is 0.417 e. The summed E-state index contributed by atoms with van der Waals surface area (Å²) in [4.78, 5) is 0. The van der Waals surface area contributed by atoms with Crippen LogP contribution in [0.4, 0.5) is 13.2 Å². The normalized spacial score (nSPS) is 12.4. The molecule has 0 bridgehead atoms. The highest BCUT2D eigenvalue weighted by Crippen LogP contribution is 2.47. The Balaban J connectivity index is 1.34. The molecule has 0 aliphatic heterocycles. The third-order valence-electron chi connectivity index (χ3n) is 13.0. The Labute approximate surface area is 346 Å². The number of nitrogens with zero attached hydrogens (tertiary/aromatic N) is 5. The predicted octanol–water partition coefficient (Wildman–Crippen LogP) is 14.0. The number of rotatable bonds is 3. The molecule has 4 heterocycles. The van der Waals surface area contributed by atoms with Crippen molar-refractivity contribution in [1.29, 1.82) is 5.26 Å². The Morgan fingerprint density at radius 1 is 0.475 bits per heavy atom. The van der Waals surface area contributed by atoms with E-state index >= 15 is 13.2 Å². The standard InChI is InChI=1S/C53H34F3N5/c1-30-13-12-18-39(53(54,55)56)48(30)31-27-46(60-42-21-10-4-14-32(42)34-23-25-44-49(51(34)60)36-16-6-8-19-40(36)58(44)2)38(29-57)47(28-31)61-43-22-11-5-15-33(43)35-24-26-45-50(52(35)61)37-17-7-9-20-41(37)59(45)3/h4-28H,1-3H3. The van der Waals surface area contributed by atoms with Gasteiger partial charge in [0.1, 0.15) is 11.6 Å². The van der Waals surface area contributed by atoms with Crippen LogP contribution in [0, 0.1) is 18.3 Å². The van der Waals surface area contributed by atoms with Gasteiger partial charge >= 0.3 is 6.18 Å². The van der Waals surface area contributed by atoms with Gasteiger partial charge in [-0.2, -0.15) is 18.4 Å². The molecule has 0 aliphatic carbocycles. The first-order chi connectivity index (χ1) is 29.7. The van der Waals surface area contributed by atoms with Gasteiger partial charge in [0, 0.05) is 68.2 Å². The van der Waals surface area contributed by atoms with Crippen molar-refractivity contribution in [3.63, 3.8) is 0 Å². The fraction of sp³-hybridized carbons (Fsp3) is 0.0755. The lowest BCUT2D eigenvalue weighted by atomic mass is 9.92. The van der Waals surface area contributed by atoms with Crippen molar-refractivity contribution in [2.75, 3.05) is 0 Å². The van der Waals surface area contributed by atoms with E-state index in [0.29, 0.717) is 28.1 Å². The lowest BCUT2D eigenvalue weighted by Gasteiger charge is -2.21. The number of para-hydroxylation sites is 4. The zero-order valence-corrected chi connectivity index (χ0v) is 33.3. The first-order valence-electron chi connectivity index (χ1n) is 20.2. The maximum atomic E-state index is 15.2. The van der Waals surface area contributed by atoms with Crippen molar-refractivity contribution in [3.05, 3.63) is 168 Å².